The van der Waals surface area contributed by atoms with E-state index >= 15 is 0 Å². The predicted octanol–water partition coefficient (Wildman–Crippen LogP) is 0.816. The number of carbonyl (C=O) groups is 1. The molecule has 18 heavy (non-hydrogen) atoms. The molecule has 0 radical (unpaired) electrons. The van der Waals surface area contributed by atoms with Crippen LogP contribution in [0.1, 0.15) is 12.1 Å². The molecule has 1 spiro atoms. The van der Waals surface area contributed by atoms with E-state index in [0.29, 0.717) is 13.1 Å². The van der Waals surface area contributed by atoms with Gasteiger partial charge in [-0.15, -0.1) is 0 Å². The molecular formula is C12H16N4O2. The standard InChI is InChI=1S/C12H16N4O2/c1-9-3-5-13-10(14-9)16-6-4-12(8-16)7-15(2)11(17)18-12/h3,5H,4,6-8H2,1-2H3. The second-order valence-electron chi connectivity index (χ2n) is 5.08. The summed E-state index contributed by atoms with van der Waals surface area (Å²) in [6.07, 6.45) is 2.36. The summed E-state index contributed by atoms with van der Waals surface area (Å²) in [4.78, 5) is 23.9. The fourth-order valence-electron chi connectivity index (χ4n) is 2.61. The number of amides is 1. The average molecular weight is 248 g/mol. The normalized spacial score (nSPS) is 27.1. The van der Waals surface area contributed by atoms with E-state index < -0.39 is 0 Å². The van der Waals surface area contributed by atoms with Gasteiger partial charge in [0.25, 0.3) is 0 Å². The monoisotopic (exact) mass is 248 g/mol. The first-order valence-corrected chi connectivity index (χ1v) is 6.07. The molecule has 2 fully saturated rings. The van der Waals surface area contributed by atoms with Gasteiger partial charge >= 0.3 is 6.09 Å². The van der Waals surface area contributed by atoms with Gasteiger partial charge in [-0.05, 0) is 13.0 Å². The van der Waals surface area contributed by atoms with Crippen molar-refractivity contribution in [3.8, 4) is 0 Å². The van der Waals surface area contributed by atoms with Gasteiger partial charge in [0.15, 0.2) is 5.60 Å². The number of hydrogen-bond acceptors (Lipinski definition) is 5. The van der Waals surface area contributed by atoms with Crippen LogP contribution >= 0.6 is 0 Å². The molecule has 3 rings (SSSR count). The molecule has 2 saturated heterocycles. The number of anilines is 1. The minimum atomic E-state index is -0.376. The summed E-state index contributed by atoms with van der Waals surface area (Å²) < 4.78 is 5.49. The highest BCUT2D eigenvalue weighted by molar-refractivity contribution is 5.70. The van der Waals surface area contributed by atoms with Crippen LogP contribution in [-0.4, -0.2) is 53.2 Å². The molecule has 2 aliphatic rings. The van der Waals surface area contributed by atoms with E-state index in [0.717, 1.165) is 24.6 Å². The smallest absolute Gasteiger partial charge is 0.410 e. The Morgan fingerprint density at radius 2 is 2.28 bits per heavy atom. The van der Waals surface area contributed by atoms with Gasteiger partial charge in [-0.3, -0.25) is 0 Å². The van der Waals surface area contributed by atoms with Crippen molar-refractivity contribution in [2.45, 2.75) is 18.9 Å². The lowest BCUT2D eigenvalue weighted by atomic mass is 10.0. The fourth-order valence-corrected chi connectivity index (χ4v) is 2.61. The zero-order valence-corrected chi connectivity index (χ0v) is 10.6. The van der Waals surface area contributed by atoms with Crippen LogP contribution in [0.2, 0.25) is 0 Å². The second-order valence-corrected chi connectivity index (χ2v) is 5.08. The molecule has 1 atom stereocenters. The molecule has 3 heterocycles. The van der Waals surface area contributed by atoms with Crippen LogP contribution in [0.25, 0.3) is 0 Å². The first kappa shape index (κ1) is 11.3. The van der Waals surface area contributed by atoms with Crippen molar-refractivity contribution in [3.63, 3.8) is 0 Å². The number of ether oxygens (including phenoxy) is 1. The third kappa shape index (κ3) is 1.77. The van der Waals surface area contributed by atoms with Crippen LogP contribution in [0, 0.1) is 6.92 Å². The molecule has 96 valence electrons. The quantitative estimate of drug-likeness (QED) is 0.736. The molecule has 6 nitrogen and oxygen atoms in total. The van der Waals surface area contributed by atoms with Crippen LogP contribution in [0.15, 0.2) is 12.3 Å². The Hall–Kier alpha value is -1.85. The van der Waals surface area contributed by atoms with Gasteiger partial charge in [-0.2, -0.15) is 0 Å². The Morgan fingerprint density at radius 1 is 1.44 bits per heavy atom. The molecule has 6 heteroatoms. The molecule has 1 unspecified atom stereocenters. The van der Waals surface area contributed by atoms with E-state index in [1.807, 2.05) is 13.0 Å². The summed E-state index contributed by atoms with van der Waals surface area (Å²) in [6.45, 7) is 4.09. The van der Waals surface area contributed by atoms with Crippen molar-refractivity contribution in [2.24, 2.45) is 0 Å². The van der Waals surface area contributed by atoms with Crippen molar-refractivity contribution in [1.82, 2.24) is 14.9 Å². The minimum Gasteiger partial charge on any atom is -0.439 e. The van der Waals surface area contributed by atoms with E-state index in [-0.39, 0.29) is 11.7 Å². The topological polar surface area (TPSA) is 58.6 Å². The van der Waals surface area contributed by atoms with Gasteiger partial charge < -0.3 is 14.5 Å². The third-order valence-electron chi connectivity index (χ3n) is 3.52. The highest BCUT2D eigenvalue weighted by Gasteiger charge is 2.49. The number of aromatic nitrogens is 2. The van der Waals surface area contributed by atoms with Crippen LogP contribution in [-0.2, 0) is 4.74 Å². The highest BCUT2D eigenvalue weighted by atomic mass is 16.6. The van der Waals surface area contributed by atoms with Crippen molar-refractivity contribution < 1.29 is 9.53 Å². The van der Waals surface area contributed by atoms with Gasteiger partial charge in [0, 0.05) is 31.9 Å². The van der Waals surface area contributed by atoms with Crippen molar-refractivity contribution in [1.29, 1.82) is 0 Å². The maximum absolute atomic E-state index is 11.5. The molecule has 0 bridgehead atoms. The Balaban J connectivity index is 1.78. The summed E-state index contributed by atoms with van der Waals surface area (Å²) in [6, 6.07) is 1.87. The number of hydrogen-bond donors (Lipinski definition) is 0. The lowest BCUT2D eigenvalue weighted by Gasteiger charge is -2.21. The summed E-state index contributed by atoms with van der Waals surface area (Å²) in [7, 11) is 1.77. The number of carbonyl (C=O) groups excluding carboxylic acids is 1. The minimum absolute atomic E-state index is 0.234. The van der Waals surface area contributed by atoms with Crippen LogP contribution in [0.5, 0.6) is 0 Å². The van der Waals surface area contributed by atoms with Crippen LogP contribution in [0.4, 0.5) is 10.7 Å². The SMILES string of the molecule is Cc1ccnc(N2CCC3(CN(C)C(=O)O3)C2)n1. The number of nitrogens with zero attached hydrogens (tertiary/aromatic N) is 4. The average Bonchev–Trinajstić information content (AvgIpc) is 2.84. The fraction of sp³-hybridized carbons (Fsp3) is 0.583. The zero-order valence-electron chi connectivity index (χ0n) is 10.6. The zero-order chi connectivity index (χ0) is 12.8. The molecule has 1 aromatic rings. The number of aryl methyl sites for hydroxylation is 1. The van der Waals surface area contributed by atoms with E-state index in [4.69, 9.17) is 4.74 Å². The van der Waals surface area contributed by atoms with Gasteiger partial charge in [0.05, 0.1) is 13.1 Å². The molecule has 0 saturated carbocycles. The van der Waals surface area contributed by atoms with Gasteiger partial charge in [0.2, 0.25) is 5.95 Å². The molecule has 0 aliphatic carbocycles. The summed E-state index contributed by atoms with van der Waals surface area (Å²) in [5.74, 6) is 0.720. The lowest BCUT2D eigenvalue weighted by Crippen LogP contribution is -2.37. The first-order valence-electron chi connectivity index (χ1n) is 6.07. The molecule has 0 aromatic carbocycles. The third-order valence-corrected chi connectivity index (χ3v) is 3.52. The van der Waals surface area contributed by atoms with Crippen LogP contribution in [0.3, 0.4) is 0 Å². The maximum atomic E-state index is 11.5. The second kappa shape index (κ2) is 3.83. The van der Waals surface area contributed by atoms with Crippen molar-refractivity contribution >= 4 is 12.0 Å². The van der Waals surface area contributed by atoms with Crippen molar-refractivity contribution in [2.75, 3.05) is 31.6 Å². The summed E-state index contributed by atoms with van der Waals surface area (Å²) in [5.41, 5.74) is 0.570. The molecule has 1 aromatic heterocycles. The van der Waals surface area contributed by atoms with E-state index in [9.17, 15) is 4.79 Å². The lowest BCUT2D eigenvalue weighted by molar-refractivity contribution is 0.0741. The van der Waals surface area contributed by atoms with Crippen LogP contribution < -0.4 is 4.90 Å². The predicted molar refractivity (Wildman–Crippen MR) is 65.4 cm³/mol. The number of rotatable bonds is 1. The summed E-state index contributed by atoms with van der Waals surface area (Å²) >= 11 is 0. The molecule has 2 aliphatic heterocycles. The van der Waals surface area contributed by atoms with Gasteiger partial charge in [-0.25, -0.2) is 14.8 Å². The highest BCUT2D eigenvalue weighted by Crippen LogP contribution is 2.33. The van der Waals surface area contributed by atoms with Gasteiger partial charge in [0.1, 0.15) is 0 Å². The van der Waals surface area contributed by atoms with E-state index in [2.05, 4.69) is 14.9 Å². The van der Waals surface area contributed by atoms with Gasteiger partial charge in [-0.1, -0.05) is 0 Å². The van der Waals surface area contributed by atoms with Crippen molar-refractivity contribution in [3.05, 3.63) is 18.0 Å². The Morgan fingerprint density at radius 3 is 2.94 bits per heavy atom. The molecular weight excluding hydrogens is 232 g/mol. The first-order chi connectivity index (χ1) is 8.58. The summed E-state index contributed by atoms with van der Waals surface area (Å²) in [5, 5.41) is 0. The number of likely N-dealkylation sites (N-methyl/N-ethyl adjacent to an activating group) is 1. The molecule has 0 N–H and O–H groups in total. The maximum Gasteiger partial charge on any atom is 0.410 e. The van der Waals surface area contributed by atoms with E-state index in [1.165, 1.54) is 0 Å². The Bertz CT molecular complexity index is 493. The largest absolute Gasteiger partial charge is 0.439 e. The Kier molecular flexibility index (Phi) is 2.39. The Labute approximate surface area is 106 Å². The molecule has 1 amide bonds. The van der Waals surface area contributed by atoms with E-state index in [1.54, 1.807) is 18.1 Å².